The number of hydrogen-bond acceptors (Lipinski definition) is 3. The minimum Gasteiger partial charge on any atom is -0.325 e. The van der Waals surface area contributed by atoms with Crippen LogP contribution >= 0.6 is 11.3 Å². The van der Waals surface area contributed by atoms with Crippen molar-refractivity contribution < 1.29 is 9.69 Å². The molecule has 1 amide bonds. The molecule has 1 unspecified atom stereocenters. The molecular weight excluding hydrogens is 342 g/mol. The molecule has 0 aliphatic heterocycles. The van der Waals surface area contributed by atoms with Crippen LogP contribution in [0.1, 0.15) is 16.8 Å². The highest BCUT2D eigenvalue weighted by Gasteiger charge is 2.13. The molecule has 0 spiro atoms. The fraction of sp³-hybridized carbons (Fsp3) is 0.238. The number of anilines is 1. The summed E-state index contributed by atoms with van der Waals surface area (Å²) in [4.78, 5) is 18.0. The summed E-state index contributed by atoms with van der Waals surface area (Å²) >= 11 is 1.65. The van der Waals surface area contributed by atoms with E-state index in [2.05, 4.69) is 41.9 Å². The summed E-state index contributed by atoms with van der Waals surface area (Å²) in [6.45, 7) is 5.24. The lowest BCUT2D eigenvalue weighted by atomic mass is 10.2. The van der Waals surface area contributed by atoms with Crippen LogP contribution in [0.2, 0.25) is 0 Å². The predicted octanol–water partition coefficient (Wildman–Crippen LogP) is 3.08. The Morgan fingerprint density at radius 3 is 2.31 bits per heavy atom. The van der Waals surface area contributed by atoms with E-state index in [9.17, 15) is 4.79 Å². The number of rotatable bonds is 6. The molecular formula is C21H24N3OS+. The number of nitrogens with zero attached hydrogens (tertiary/aromatic N) is 1. The van der Waals surface area contributed by atoms with Gasteiger partial charge in [0, 0.05) is 16.6 Å². The van der Waals surface area contributed by atoms with Crippen LogP contribution in [-0.4, -0.2) is 24.5 Å². The third kappa shape index (κ3) is 5.00. The largest absolute Gasteiger partial charge is 0.325 e. The Labute approximate surface area is 158 Å². The van der Waals surface area contributed by atoms with Gasteiger partial charge in [-0.3, -0.25) is 4.79 Å². The van der Waals surface area contributed by atoms with Crippen LogP contribution in [0.15, 0.2) is 53.9 Å². The van der Waals surface area contributed by atoms with E-state index in [1.165, 1.54) is 11.1 Å². The third-order valence-electron chi connectivity index (χ3n) is 4.13. The number of carbonyl (C=O) groups is 1. The van der Waals surface area contributed by atoms with Gasteiger partial charge in [0.1, 0.15) is 17.2 Å². The van der Waals surface area contributed by atoms with Crippen LogP contribution in [0, 0.1) is 13.8 Å². The van der Waals surface area contributed by atoms with Crippen molar-refractivity contribution in [2.75, 3.05) is 18.9 Å². The lowest BCUT2D eigenvalue weighted by molar-refractivity contribution is -0.885. The van der Waals surface area contributed by atoms with E-state index in [-0.39, 0.29) is 5.91 Å². The van der Waals surface area contributed by atoms with Gasteiger partial charge in [0.05, 0.1) is 7.05 Å². The first-order chi connectivity index (χ1) is 12.5. The standard InChI is InChI=1S/C21H23N3OS/c1-15-4-8-17(9-5-15)21-23-19(14-26-21)12-24(3)13-20(25)22-18-10-6-16(2)7-11-18/h4-11,14H,12-13H2,1-3H3,(H,22,25)/p+1. The Morgan fingerprint density at radius 2 is 1.65 bits per heavy atom. The van der Waals surface area contributed by atoms with E-state index in [4.69, 9.17) is 4.98 Å². The molecule has 0 fully saturated rings. The zero-order valence-corrected chi connectivity index (χ0v) is 16.2. The number of aromatic nitrogens is 1. The molecule has 134 valence electrons. The number of carbonyl (C=O) groups excluding carboxylic acids is 1. The van der Waals surface area contributed by atoms with E-state index in [1.54, 1.807) is 11.3 Å². The van der Waals surface area contributed by atoms with E-state index in [0.717, 1.165) is 33.4 Å². The van der Waals surface area contributed by atoms with Gasteiger partial charge in [-0.2, -0.15) is 0 Å². The Hall–Kier alpha value is -2.50. The fourth-order valence-corrected chi connectivity index (χ4v) is 3.53. The Bertz CT molecular complexity index is 869. The molecule has 5 heteroatoms. The van der Waals surface area contributed by atoms with E-state index < -0.39 is 0 Å². The summed E-state index contributed by atoms with van der Waals surface area (Å²) in [5, 5.41) is 6.05. The molecule has 3 rings (SSSR count). The number of nitrogens with one attached hydrogen (secondary N) is 2. The van der Waals surface area contributed by atoms with Crippen LogP contribution in [-0.2, 0) is 11.3 Å². The third-order valence-corrected chi connectivity index (χ3v) is 5.07. The Morgan fingerprint density at radius 1 is 1.04 bits per heavy atom. The number of quaternary nitrogens is 1. The molecule has 0 saturated heterocycles. The van der Waals surface area contributed by atoms with E-state index >= 15 is 0 Å². The molecule has 1 atom stereocenters. The molecule has 0 aliphatic carbocycles. The maximum absolute atomic E-state index is 12.2. The fourth-order valence-electron chi connectivity index (χ4n) is 2.70. The molecule has 0 radical (unpaired) electrons. The SMILES string of the molecule is Cc1ccc(NC(=O)C[NH+](C)Cc2csc(-c3ccc(C)cc3)n2)cc1. The van der Waals surface area contributed by atoms with Crippen LogP contribution < -0.4 is 10.2 Å². The zero-order chi connectivity index (χ0) is 18.5. The quantitative estimate of drug-likeness (QED) is 0.704. The molecule has 3 aromatic rings. The molecule has 0 saturated carbocycles. The summed E-state index contributed by atoms with van der Waals surface area (Å²) in [6, 6.07) is 16.2. The lowest BCUT2D eigenvalue weighted by Crippen LogP contribution is -3.08. The molecule has 1 heterocycles. The second-order valence-corrected chi connectivity index (χ2v) is 7.59. The summed E-state index contributed by atoms with van der Waals surface area (Å²) in [6.07, 6.45) is 0. The van der Waals surface area contributed by atoms with Crippen LogP contribution in [0.4, 0.5) is 5.69 Å². The lowest BCUT2D eigenvalue weighted by Gasteiger charge is -2.12. The second-order valence-electron chi connectivity index (χ2n) is 6.73. The van der Waals surface area contributed by atoms with Crippen molar-refractivity contribution in [1.82, 2.24) is 4.98 Å². The molecule has 4 nitrogen and oxygen atoms in total. The van der Waals surface area contributed by atoms with Crippen molar-refractivity contribution in [2.45, 2.75) is 20.4 Å². The second kappa shape index (κ2) is 8.25. The molecule has 0 bridgehead atoms. The van der Waals surface area contributed by atoms with Crippen molar-refractivity contribution >= 4 is 22.9 Å². The number of thiazole rings is 1. The van der Waals surface area contributed by atoms with Gasteiger partial charge < -0.3 is 10.2 Å². The Balaban J connectivity index is 1.54. The van der Waals surface area contributed by atoms with Crippen molar-refractivity contribution in [3.05, 3.63) is 70.7 Å². The summed E-state index contributed by atoms with van der Waals surface area (Å²) in [5.74, 6) is 0.0142. The number of amides is 1. The van der Waals surface area contributed by atoms with Gasteiger partial charge in [0.15, 0.2) is 6.54 Å². The first kappa shape index (κ1) is 18.3. The van der Waals surface area contributed by atoms with Gasteiger partial charge in [0.2, 0.25) is 0 Å². The molecule has 2 N–H and O–H groups in total. The van der Waals surface area contributed by atoms with Gasteiger partial charge in [-0.1, -0.05) is 47.5 Å². The van der Waals surface area contributed by atoms with Crippen molar-refractivity contribution in [2.24, 2.45) is 0 Å². The average Bonchev–Trinajstić information content (AvgIpc) is 3.05. The van der Waals surface area contributed by atoms with Gasteiger partial charge in [0.25, 0.3) is 5.91 Å². The smallest absolute Gasteiger partial charge is 0.279 e. The maximum Gasteiger partial charge on any atom is 0.279 e. The van der Waals surface area contributed by atoms with Crippen LogP contribution in [0.5, 0.6) is 0 Å². The first-order valence-corrected chi connectivity index (χ1v) is 9.57. The summed E-state index contributed by atoms with van der Waals surface area (Å²) in [5.41, 5.74) is 5.42. The summed E-state index contributed by atoms with van der Waals surface area (Å²) < 4.78 is 0. The van der Waals surface area contributed by atoms with Gasteiger partial charge in [-0.15, -0.1) is 11.3 Å². The van der Waals surface area contributed by atoms with Gasteiger partial charge >= 0.3 is 0 Å². The van der Waals surface area contributed by atoms with Crippen molar-refractivity contribution in [3.63, 3.8) is 0 Å². The normalized spacial score (nSPS) is 12.0. The predicted molar refractivity (Wildman–Crippen MR) is 108 cm³/mol. The topological polar surface area (TPSA) is 46.4 Å². The first-order valence-electron chi connectivity index (χ1n) is 8.69. The number of likely N-dealkylation sites (N-methyl/N-ethyl adjacent to an activating group) is 1. The van der Waals surface area contributed by atoms with Gasteiger partial charge in [-0.25, -0.2) is 4.98 Å². The molecule has 2 aromatic carbocycles. The summed E-state index contributed by atoms with van der Waals surface area (Å²) in [7, 11) is 2.01. The number of aryl methyl sites for hydroxylation is 2. The monoisotopic (exact) mass is 366 g/mol. The van der Waals surface area contributed by atoms with Crippen LogP contribution in [0.25, 0.3) is 10.6 Å². The zero-order valence-electron chi connectivity index (χ0n) is 15.4. The number of benzene rings is 2. The highest BCUT2D eigenvalue weighted by molar-refractivity contribution is 7.13. The van der Waals surface area contributed by atoms with E-state index in [0.29, 0.717) is 6.54 Å². The average molecular weight is 367 g/mol. The van der Waals surface area contributed by atoms with Crippen molar-refractivity contribution in [3.8, 4) is 10.6 Å². The molecule has 1 aromatic heterocycles. The highest BCUT2D eigenvalue weighted by atomic mass is 32.1. The molecule has 26 heavy (non-hydrogen) atoms. The molecule has 0 aliphatic rings. The maximum atomic E-state index is 12.2. The van der Waals surface area contributed by atoms with E-state index in [1.807, 2.05) is 38.2 Å². The minimum absolute atomic E-state index is 0.0142. The van der Waals surface area contributed by atoms with Gasteiger partial charge in [-0.05, 0) is 26.0 Å². The Kier molecular flexibility index (Phi) is 5.81. The minimum atomic E-state index is 0.0142. The highest BCUT2D eigenvalue weighted by Crippen LogP contribution is 2.23. The number of hydrogen-bond donors (Lipinski definition) is 2. The van der Waals surface area contributed by atoms with Crippen LogP contribution in [0.3, 0.4) is 0 Å². The van der Waals surface area contributed by atoms with Crippen molar-refractivity contribution in [1.29, 1.82) is 0 Å².